The molecule has 0 aromatic carbocycles. The molecule has 2 aromatic heterocycles. The summed E-state index contributed by atoms with van der Waals surface area (Å²) in [4.78, 5) is 27.8. The largest absolute Gasteiger partial charge is 0.468 e. The lowest BCUT2D eigenvalue weighted by Gasteiger charge is -2.33. The first kappa shape index (κ1) is 26.5. The molecular weight excluding hydrogens is 503 g/mol. The topological polar surface area (TPSA) is 93.2 Å². The highest BCUT2D eigenvalue weighted by Crippen LogP contribution is 2.35. The lowest BCUT2D eigenvalue weighted by molar-refractivity contribution is -0.141. The van der Waals surface area contributed by atoms with Crippen LogP contribution in [0.5, 0.6) is 5.88 Å². The number of carbonyl (C=O) groups is 1. The number of pyridine rings is 1. The predicted molar refractivity (Wildman–Crippen MR) is 123 cm³/mol. The molecule has 196 valence electrons. The molecule has 1 amide bonds. The van der Waals surface area contributed by atoms with Gasteiger partial charge < -0.3 is 19.1 Å². The van der Waals surface area contributed by atoms with Gasteiger partial charge in [0.25, 0.3) is 5.91 Å². The first-order chi connectivity index (χ1) is 16.8. The Labute approximate surface area is 211 Å². The zero-order chi connectivity index (χ0) is 26.3. The Morgan fingerprint density at radius 1 is 1.17 bits per heavy atom. The number of hydrogen-bond donors (Lipinski definition) is 0. The number of hydrogen-bond acceptors (Lipinski definition) is 8. The Morgan fingerprint density at radius 3 is 2.44 bits per heavy atom. The summed E-state index contributed by atoms with van der Waals surface area (Å²) in [6.07, 6.45) is -3.68. The van der Waals surface area contributed by atoms with Crippen molar-refractivity contribution in [1.82, 2.24) is 24.8 Å². The van der Waals surface area contributed by atoms with Gasteiger partial charge in [0.2, 0.25) is 11.2 Å². The van der Waals surface area contributed by atoms with E-state index >= 15 is 0 Å². The minimum Gasteiger partial charge on any atom is -0.468 e. The van der Waals surface area contributed by atoms with Gasteiger partial charge in [0.1, 0.15) is 0 Å². The van der Waals surface area contributed by atoms with Crippen molar-refractivity contribution in [3.63, 3.8) is 0 Å². The molecule has 2 unspecified atom stereocenters. The third-order valence-corrected chi connectivity index (χ3v) is 5.84. The maximum Gasteiger partial charge on any atom is 0.433 e. The molecule has 0 radical (unpaired) electrons. The molecule has 2 aliphatic heterocycles. The van der Waals surface area contributed by atoms with E-state index in [-0.39, 0.29) is 47.8 Å². The first-order valence-corrected chi connectivity index (χ1v) is 11.8. The van der Waals surface area contributed by atoms with E-state index in [1.54, 1.807) is 4.90 Å². The molecule has 0 spiro atoms. The fraction of sp³-hybridized carbons (Fsp3) is 0.565. The van der Waals surface area contributed by atoms with E-state index in [0.29, 0.717) is 31.7 Å². The number of ether oxygens (including phenoxy) is 3. The third-order valence-electron chi connectivity index (χ3n) is 5.67. The minimum absolute atomic E-state index is 0.0186. The van der Waals surface area contributed by atoms with Crippen LogP contribution in [0.4, 0.5) is 13.2 Å². The van der Waals surface area contributed by atoms with E-state index in [2.05, 4.69) is 19.9 Å². The lowest BCUT2D eigenvalue weighted by atomic mass is 10.1. The van der Waals surface area contributed by atoms with Crippen LogP contribution >= 0.6 is 11.6 Å². The molecule has 2 atom stereocenters. The van der Waals surface area contributed by atoms with Crippen LogP contribution in [-0.2, 0) is 20.4 Å². The van der Waals surface area contributed by atoms with Crippen LogP contribution in [0.1, 0.15) is 32.0 Å². The molecule has 2 saturated heterocycles. The number of carbonyl (C=O) groups excluding carboxylic acids is 1. The van der Waals surface area contributed by atoms with Crippen molar-refractivity contribution < 1.29 is 32.2 Å². The van der Waals surface area contributed by atoms with Crippen molar-refractivity contribution in [2.75, 3.05) is 32.8 Å². The fourth-order valence-corrected chi connectivity index (χ4v) is 4.06. The molecule has 13 heteroatoms. The summed E-state index contributed by atoms with van der Waals surface area (Å²) in [5, 5.41) is -0.514. The number of amides is 1. The van der Waals surface area contributed by atoms with Gasteiger partial charge >= 0.3 is 6.18 Å². The average Bonchev–Trinajstić information content (AvgIpc) is 3.55. The predicted octanol–water partition coefficient (Wildman–Crippen LogP) is 3.54. The average molecular weight is 530 g/mol. The van der Waals surface area contributed by atoms with Crippen molar-refractivity contribution in [3.8, 4) is 17.1 Å². The maximum absolute atomic E-state index is 13.2. The maximum atomic E-state index is 13.2. The number of halogens is 4. The van der Waals surface area contributed by atoms with Crippen LogP contribution in [0.15, 0.2) is 18.3 Å². The van der Waals surface area contributed by atoms with Crippen molar-refractivity contribution in [1.29, 1.82) is 0 Å². The van der Waals surface area contributed by atoms with Crippen LogP contribution in [0.3, 0.4) is 0 Å². The Balaban J connectivity index is 1.29. The standard InChI is InChI=1S/C23H27ClF3N5O4/c1-13-17(29-21(24)30-18(13)23(25,26)27)14-5-6-15(28-11-14)34-12-16(33)31-7-9-32(10-8-31)19-20(35-19)36-22(2,3)4/h5-6,11,19-20H,7-10,12H2,1-4H3. The smallest absolute Gasteiger partial charge is 0.433 e. The van der Waals surface area contributed by atoms with E-state index in [0.717, 1.165) is 0 Å². The molecule has 4 rings (SSSR count). The van der Waals surface area contributed by atoms with Gasteiger partial charge in [0.05, 0.1) is 11.3 Å². The van der Waals surface area contributed by atoms with Gasteiger partial charge in [0.15, 0.2) is 24.8 Å². The van der Waals surface area contributed by atoms with Crippen LogP contribution in [-0.4, -0.2) is 81.6 Å². The number of aromatic nitrogens is 3. The molecule has 0 N–H and O–H groups in total. The molecule has 2 aromatic rings. The van der Waals surface area contributed by atoms with Crippen molar-refractivity contribution in [2.24, 2.45) is 0 Å². The molecule has 4 heterocycles. The number of alkyl halides is 3. The van der Waals surface area contributed by atoms with Gasteiger partial charge in [-0.15, -0.1) is 0 Å². The summed E-state index contributed by atoms with van der Waals surface area (Å²) in [5.74, 6) is -0.0267. The summed E-state index contributed by atoms with van der Waals surface area (Å²) in [5.41, 5.74) is -1.22. The number of nitrogens with zero attached hydrogens (tertiary/aromatic N) is 5. The third kappa shape index (κ3) is 6.41. The van der Waals surface area contributed by atoms with Crippen LogP contribution in [0, 0.1) is 6.92 Å². The Bertz CT molecular complexity index is 1100. The second-order valence-electron chi connectivity index (χ2n) is 9.53. The molecular formula is C23H27ClF3N5O4. The van der Waals surface area contributed by atoms with E-state index in [4.69, 9.17) is 25.8 Å². The monoisotopic (exact) mass is 529 g/mol. The summed E-state index contributed by atoms with van der Waals surface area (Å²) in [7, 11) is 0. The Kier molecular flexibility index (Phi) is 7.42. The summed E-state index contributed by atoms with van der Waals surface area (Å²) < 4.78 is 56.6. The van der Waals surface area contributed by atoms with Crippen molar-refractivity contribution >= 4 is 17.5 Å². The number of epoxide rings is 1. The molecule has 0 bridgehead atoms. The zero-order valence-corrected chi connectivity index (χ0v) is 21.1. The lowest BCUT2D eigenvalue weighted by Crippen LogP contribution is -2.51. The molecule has 0 saturated carbocycles. The van der Waals surface area contributed by atoms with Gasteiger partial charge in [-0.3, -0.25) is 9.69 Å². The van der Waals surface area contributed by atoms with Crippen molar-refractivity contribution in [3.05, 3.63) is 34.9 Å². The summed E-state index contributed by atoms with van der Waals surface area (Å²) >= 11 is 5.70. The first-order valence-electron chi connectivity index (χ1n) is 11.4. The highest BCUT2D eigenvalue weighted by atomic mass is 35.5. The molecule has 0 aliphatic carbocycles. The van der Waals surface area contributed by atoms with Gasteiger partial charge in [-0.1, -0.05) is 0 Å². The number of rotatable bonds is 6. The molecule has 2 aliphatic rings. The Morgan fingerprint density at radius 2 is 1.86 bits per heavy atom. The normalized spacial score (nSPS) is 20.9. The van der Waals surface area contributed by atoms with Crippen molar-refractivity contribution in [2.45, 2.75) is 52.0 Å². The van der Waals surface area contributed by atoms with E-state index in [1.165, 1.54) is 25.3 Å². The second kappa shape index (κ2) is 10.1. The van der Waals surface area contributed by atoms with E-state index in [9.17, 15) is 18.0 Å². The van der Waals surface area contributed by atoms with Crippen LogP contribution in [0.2, 0.25) is 5.28 Å². The quantitative estimate of drug-likeness (QED) is 0.414. The summed E-state index contributed by atoms with van der Waals surface area (Å²) in [6, 6.07) is 2.96. The summed E-state index contributed by atoms with van der Waals surface area (Å²) in [6.45, 7) is 9.37. The Hall–Kier alpha value is -2.54. The highest BCUT2D eigenvalue weighted by Gasteiger charge is 2.47. The van der Waals surface area contributed by atoms with Gasteiger partial charge in [0, 0.05) is 49.6 Å². The van der Waals surface area contributed by atoms with E-state index < -0.39 is 17.2 Å². The van der Waals surface area contributed by atoms with Gasteiger partial charge in [-0.2, -0.15) is 13.2 Å². The fourth-order valence-electron chi connectivity index (χ4n) is 3.89. The van der Waals surface area contributed by atoms with Gasteiger partial charge in [-0.05, 0) is 45.4 Å². The minimum atomic E-state index is -4.67. The molecule has 36 heavy (non-hydrogen) atoms. The molecule has 2 fully saturated rings. The SMILES string of the molecule is Cc1c(-c2ccc(OCC(=O)N3CCN(C4OC4OC(C)(C)C)CC3)nc2)nc(Cl)nc1C(F)(F)F. The second-order valence-corrected chi connectivity index (χ2v) is 9.87. The number of piperazine rings is 1. The zero-order valence-electron chi connectivity index (χ0n) is 20.3. The van der Waals surface area contributed by atoms with Gasteiger partial charge in [-0.25, -0.2) is 15.0 Å². The molecule has 9 nitrogen and oxygen atoms in total. The van der Waals surface area contributed by atoms with Crippen LogP contribution in [0.25, 0.3) is 11.3 Å². The highest BCUT2D eigenvalue weighted by molar-refractivity contribution is 6.28. The van der Waals surface area contributed by atoms with E-state index in [1.807, 2.05) is 20.8 Å². The van der Waals surface area contributed by atoms with Crippen LogP contribution < -0.4 is 4.74 Å².